The molecule has 16 heavy (non-hydrogen) atoms. The van der Waals surface area contributed by atoms with Crippen LogP contribution in [0.4, 0.5) is 0 Å². The van der Waals surface area contributed by atoms with Crippen molar-refractivity contribution in [3.8, 4) is 0 Å². The van der Waals surface area contributed by atoms with Gasteiger partial charge in [-0.05, 0) is 18.9 Å². The predicted octanol–water partition coefficient (Wildman–Crippen LogP) is 2.28. The summed E-state index contributed by atoms with van der Waals surface area (Å²) in [6.45, 7) is 6.70. The van der Waals surface area contributed by atoms with E-state index < -0.39 is 18.1 Å². The lowest BCUT2D eigenvalue weighted by atomic mass is 10.0. The van der Waals surface area contributed by atoms with Crippen LogP contribution in [0.1, 0.15) is 25.7 Å². The number of hydrogen-bond donors (Lipinski definition) is 0. The molecule has 0 aromatic heterocycles. The molecule has 5 heteroatoms. The standard InChI is InChI=1S/C11H23NO2SSi/c1-16(2,3)9-8-15(13,14)12-10-6-4-5-7-11(10)12/h10-11H,4-9H2,1-3H3. The second-order valence-corrected chi connectivity index (χ2v) is 14.0. The van der Waals surface area contributed by atoms with Crippen LogP contribution in [0, 0.1) is 0 Å². The number of rotatable bonds is 4. The zero-order chi connectivity index (χ0) is 12.0. The van der Waals surface area contributed by atoms with Crippen LogP contribution in [-0.2, 0) is 10.0 Å². The monoisotopic (exact) mass is 261 g/mol. The quantitative estimate of drug-likeness (QED) is 0.575. The van der Waals surface area contributed by atoms with Crippen molar-refractivity contribution in [2.24, 2.45) is 0 Å². The largest absolute Gasteiger partial charge is 0.214 e. The molecule has 0 radical (unpaired) electrons. The first-order chi connectivity index (χ1) is 7.31. The number of fused-ring (bicyclic) bond motifs is 1. The van der Waals surface area contributed by atoms with E-state index in [0.29, 0.717) is 17.8 Å². The van der Waals surface area contributed by atoms with Crippen LogP contribution in [0.3, 0.4) is 0 Å². The second kappa shape index (κ2) is 4.10. The maximum absolute atomic E-state index is 12.2. The zero-order valence-electron chi connectivity index (χ0n) is 10.6. The van der Waals surface area contributed by atoms with Gasteiger partial charge in [0.2, 0.25) is 10.0 Å². The molecule has 1 aliphatic carbocycles. The molecule has 0 N–H and O–H groups in total. The summed E-state index contributed by atoms with van der Waals surface area (Å²) in [7, 11) is -4.17. The molecule has 1 saturated carbocycles. The number of sulfonamides is 1. The lowest BCUT2D eigenvalue weighted by Gasteiger charge is -2.15. The van der Waals surface area contributed by atoms with Crippen molar-refractivity contribution in [2.75, 3.05) is 5.75 Å². The maximum atomic E-state index is 12.2. The number of nitrogens with zero attached hydrogens (tertiary/aromatic N) is 1. The third-order valence-electron chi connectivity index (χ3n) is 3.69. The first-order valence-electron chi connectivity index (χ1n) is 6.32. The topological polar surface area (TPSA) is 37.1 Å². The van der Waals surface area contributed by atoms with E-state index >= 15 is 0 Å². The summed E-state index contributed by atoms with van der Waals surface area (Å²) in [5, 5.41) is 0. The van der Waals surface area contributed by atoms with Crippen molar-refractivity contribution >= 4 is 18.1 Å². The van der Waals surface area contributed by atoms with Gasteiger partial charge in [-0.15, -0.1) is 0 Å². The molecule has 0 bridgehead atoms. The molecule has 0 aromatic rings. The Morgan fingerprint density at radius 1 is 1.12 bits per heavy atom. The molecule has 0 spiro atoms. The SMILES string of the molecule is C[Si](C)(C)CCS(=O)(=O)N1C2CCCCC21. The Hall–Kier alpha value is 0.127. The smallest absolute Gasteiger partial charge is 0.212 e. The fourth-order valence-electron chi connectivity index (χ4n) is 2.61. The van der Waals surface area contributed by atoms with Gasteiger partial charge in [-0.1, -0.05) is 32.5 Å². The Bertz CT molecular complexity index is 349. The summed E-state index contributed by atoms with van der Waals surface area (Å²) in [6.07, 6.45) is 4.61. The van der Waals surface area contributed by atoms with E-state index in [1.807, 2.05) is 0 Å². The highest BCUT2D eigenvalue weighted by Crippen LogP contribution is 2.43. The van der Waals surface area contributed by atoms with Gasteiger partial charge in [0.15, 0.2) is 0 Å². The molecular weight excluding hydrogens is 238 g/mol. The number of hydrogen-bond acceptors (Lipinski definition) is 2. The van der Waals surface area contributed by atoms with Gasteiger partial charge in [-0.2, -0.15) is 4.31 Å². The molecule has 1 saturated heterocycles. The van der Waals surface area contributed by atoms with Crippen LogP contribution in [0.25, 0.3) is 0 Å². The summed E-state index contributed by atoms with van der Waals surface area (Å²) >= 11 is 0. The van der Waals surface area contributed by atoms with Crippen LogP contribution < -0.4 is 0 Å². The summed E-state index contributed by atoms with van der Waals surface area (Å²) in [5.74, 6) is 0.385. The molecule has 2 fully saturated rings. The van der Waals surface area contributed by atoms with Gasteiger partial charge in [0, 0.05) is 20.2 Å². The average Bonchev–Trinajstić information content (AvgIpc) is 2.88. The molecule has 1 heterocycles. The minimum atomic E-state index is -2.93. The summed E-state index contributed by atoms with van der Waals surface area (Å²) < 4.78 is 26.1. The molecule has 3 nitrogen and oxygen atoms in total. The molecule has 2 aliphatic rings. The van der Waals surface area contributed by atoms with Crippen molar-refractivity contribution in [3.05, 3.63) is 0 Å². The van der Waals surface area contributed by atoms with Gasteiger partial charge >= 0.3 is 0 Å². The summed E-state index contributed by atoms with van der Waals surface area (Å²) in [4.78, 5) is 0. The fourth-order valence-corrected chi connectivity index (χ4v) is 7.56. The molecule has 0 amide bonds. The lowest BCUT2D eigenvalue weighted by Crippen LogP contribution is -2.27. The van der Waals surface area contributed by atoms with Crippen LogP contribution in [0.2, 0.25) is 25.7 Å². The molecule has 1 aliphatic heterocycles. The van der Waals surface area contributed by atoms with Crippen LogP contribution in [-0.4, -0.2) is 38.6 Å². The molecule has 94 valence electrons. The minimum absolute atomic E-state index is 0.375. The Kier molecular flexibility index (Phi) is 3.23. The van der Waals surface area contributed by atoms with Crippen LogP contribution in [0.5, 0.6) is 0 Å². The van der Waals surface area contributed by atoms with E-state index in [-0.39, 0.29) is 0 Å². The Morgan fingerprint density at radius 3 is 2.06 bits per heavy atom. The van der Waals surface area contributed by atoms with Crippen LogP contribution in [0.15, 0.2) is 0 Å². The van der Waals surface area contributed by atoms with Crippen molar-refractivity contribution < 1.29 is 8.42 Å². The Morgan fingerprint density at radius 2 is 1.62 bits per heavy atom. The normalized spacial score (nSPS) is 34.6. The van der Waals surface area contributed by atoms with Gasteiger partial charge in [-0.3, -0.25) is 0 Å². The van der Waals surface area contributed by atoms with Crippen molar-refractivity contribution in [1.82, 2.24) is 4.31 Å². The van der Waals surface area contributed by atoms with E-state index in [4.69, 9.17) is 0 Å². The first-order valence-corrected chi connectivity index (χ1v) is 11.6. The van der Waals surface area contributed by atoms with Gasteiger partial charge in [-0.25, -0.2) is 8.42 Å². The molecular formula is C11H23NO2SSi. The highest BCUT2D eigenvalue weighted by molar-refractivity contribution is 7.89. The van der Waals surface area contributed by atoms with Crippen molar-refractivity contribution in [2.45, 2.75) is 63.5 Å². The highest BCUT2D eigenvalue weighted by Gasteiger charge is 2.54. The van der Waals surface area contributed by atoms with Crippen molar-refractivity contribution in [1.29, 1.82) is 0 Å². The minimum Gasteiger partial charge on any atom is -0.212 e. The van der Waals surface area contributed by atoms with Crippen molar-refractivity contribution in [3.63, 3.8) is 0 Å². The summed E-state index contributed by atoms with van der Waals surface area (Å²) in [5.41, 5.74) is 0. The Balaban J connectivity index is 1.94. The van der Waals surface area contributed by atoms with Crippen LogP contribution >= 0.6 is 0 Å². The molecule has 0 aromatic carbocycles. The average molecular weight is 261 g/mol. The Labute approximate surface area is 100 Å². The highest BCUT2D eigenvalue weighted by atomic mass is 32.2. The lowest BCUT2D eigenvalue weighted by molar-refractivity contribution is 0.546. The van der Waals surface area contributed by atoms with Gasteiger partial charge in [0.05, 0.1) is 5.75 Å². The third-order valence-corrected chi connectivity index (χ3v) is 7.71. The van der Waals surface area contributed by atoms with E-state index in [9.17, 15) is 8.42 Å². The van der Waals surface area contributed by atoms with E-state index in [2.05, 4.69) is 19.6 Å². The second-order valence-electron chi connectivity index (χ2n) is 6.38. The van der Waals surface area contributed by atoms with E-state index in [1.165, 1.54) is 12.8 Å². The maximum Gasteiger partial charge on any atom is 0.214 e. The molecule has 2 atom stereocenters. The van der Waals surface area contributed by atoms with Gasteiger partial charge in [0.25, 0.3) is 0 Å². The molecule has 2 unspecified atom stereocenters. The van der Waals surface area contributed by atoms with Gasteiger partial charge < -0.3 is 0 Å². The third kappa shape index (κ3) is 2.68. The van der Waals surface area contributed by atoms with E-state index in [1.54, 1.807) is 4.31 Å². The molecule has 2 rings (SSSR count). The predicted molar refractivity (Wildman–Crippen MR) is 69.8 cm³/mol. The zero-order valence-corrected chi connectivity index (χ0v) is 12.4. The van der Waals surface area contributed by atoms with E-state index in [0.717, 1.165) is 18.9 Å². The summed E-state index contributed by atoms with van der Waals surface area (Å²) in [6, 6.07) is 1.64. The van der Waals surface area contributed by atoms with Gasteiger partial charge in [0.1, 0.15) is 0 Å². The fraction of sp³-hybridized carbons (Fsp3) is 1.00. The first kappa shape index (κ1) is 12.6.